The fourth-order valence-corrected chi connectivity index (χ4v) is 3.40. The summed E-state index contributed by atoms with van der Waals surface area (Å²) in [6.07, 6.45) is -0.405. The molecular formula is C20H14Cl2N2O. The summed E-state index contributed by atoms with van der Waals surface area (Å²) in [6.45, 7) is 0. The summed E-state index contributed by atoms with van der Waals surface area (Å²) in [5, 5.41) is 4.66. The first-order chi connectivity index (χ1) is 12.1. The van der Waals surface area contributed by atoms with Gasteiger partial charge in [0, 0.05) is 27.0 Å². The van der Waals surface area contributed by atoms with E-state index in [1.165, 1.54) is 0 Å². The van der Waals surface area contributed by atoms with Crippen LogP contribution in [0.15, 0.2) is 72.8 Å². The molecule has 0 radical (unpaired) electrons. The molecule has 1 unspecified atom stereocenters. The zero-order valence-electron chi connectivity index (χ0n) is 13.1. The number of hydrogen-bond acceptors (Lipinski definition) is 2. The number of carbonyl (C=O) groups is 1. The standard InChI is InChI=1S/C20H14Cl2N2O/c21-13-9-11-14(12-10-13)24-19(15-5-1-3-7-17(15)22)23-18-8-4-2-6-16(18)20(24)25/h1-12,19,23H. The van der Waals surface area contributed by atoms with Gasteiger partial charge in [0.05, 0.1) is 5.56 Å². The molecule has 1 aliphatic heterocycles. The number of halogens is 2. The zero-order valence-corrected chi connectivity index (χ0v) is 14.6. The van der Waals surface area contributed by atoms with E-state index in [0.29, 0.717) is 15.6 Å². The Balaban J connectivity index is 1.89. The second-order valence-corrected chi connectivity index (χ2v) is 6.61. The summed E-state index contributed by atoms with van der Waals surface area (Å²) in [7, 11) is 0. The maximum absolute atomic E-state index is 13.2. The highest BCUT2D eigenvalue weighted by Gasteiger charge is 2.34. The Morgan fingerprint density at radius 1 is 0.840 bits per heavy atom. The molecule has 1 amide bonds. The van der Waals surface area contributed by atoms with Crippen molar-refractivity contribution < 1.29 is 4.79 Å². The second kappa shape index (κ2) is 6.43. The molecule has 3 aromatic carbocycles. The lowest BCUT2D eigenvalue weighted by atomic mass is 10.0. The van der Waals surface area contributed by atoms with E-state index in [9.17, 15) is 4.79 Å². The van der Waals surface area contributed by atoms with Gasteiger partial charge in [-0.3, -0.25) is 9.69 Å². The number of rotatable bonds is 2. The van der Waals surface area contributed by atoms with Crippen LogP contribution in [-0.4, -0.2) is 5.91 Å². The normalized spacial score (nSPS) is 16.3. The highest BCUT2D eigenvalue weighted by molar-refractivity contribution is 6.31. The predicted octanol–water partition coefficient (Wildman–Crippen LogP) is 5.76. The quantitative estimate of drug-likeness (QED) is 0.623. The molecule has 1 heterocycles. The molecule has 5 heteroatoms. The maximum atomic E-state index is 13.2. The topological polar surface area (TPSA) is 32.3 Å². The van der Waals surface area contributed by atoms with Crippen LogP contribution in [0.3, 0.4) is 0 Å². The summed E-state index contributed by atoms with van der Waals surface area (Å²) in [4.78, 5) is 14.9. The zero-order chi connectivity index (χ0) is 17.4. The van der Waals surface area contributed by atoms with Crippen LogP contribution in [0, 0.1) is 0 Å². The average molecular weight is 369 g/mol. The number of hydrogen-bond donors (Lipinski definition) is 1. The van der Waals surface area contributed by atoms with Gasteiger partial charge in [0.1, 0.15) is 6.17 Å². The lowest BCUT2D eigenvalue weighted by Crippen LogP contribution is -2.43. The Morgan fingerprint density at radius 2 is 1.52 bits per heavy atom. The highest BCUT2D eigenvalue weighted by atomic mass is 35.5. The maximum Gasteiger partial charge on any atom is 0.262 e. The lowest BCUT2D eigenvalue weighted by molar-refractivity contribution is 0.0975. The monoisotopic (exact) mass is 368 g/mol. The third-order valence-electron chi connectivity index (χ3n) is 4.23. The third kappa shape index (κ3) is 2.86. The van der Waals surface area contributed by atoms with Gasteiger partial charge in [-0.2, -0.15) is 0 Å². The first-order valence-electron chi connectivity index (χ1n) is 7.84. The summed E-state index contributed by atoms with van der Waals surface area (Å²) in [5.41, 5.74) is 3.01. The molecule has 0 aliphatic carbocycles. The molecule has 0 saturated heterocycles. The number of fused-ring (bicyclic) bond motifs is 1. The smallest absolute Gasteiger partial charge is 0.262 e. The van der Waals surface area contributed by atoms with Gasteiger partial charge >= 0.3 is 0 Å². The van der Waals surface area contributed by atoms with Crippen molar-refractivity contribution in [2.45, 2.75) is 6.17 Å². The molecule has 25 heavy (non-hydrogen) atoms. The van der Waals surface area contributed by atoms with E-state index in [0.717, 1.165) is 16.9 Å². The molecule has 0 fully saturated rings. The van der Waals surface area contributed by atoms with Gasteiger partial charge in [-0.05, 0) is 42.5 Å². The Hall–Kier alpha value is -2.49. The van der Waals surface area contributed by atoms with E-state index in [-0.39, 0.29) is 5.91 Å². The lowest BCUT2D eigenvalue weighted by Gasteiger charge is -2.38. The fourth-order valence-electron chi connectivity index (χ4n) is 3.04. The number of nitrogens with zero attached hydrogens (tertiary/aromatic N) is 1. The van der Waals surface area contributed by atoms with Gasteiger partial charge in [-0.15, -0.1) is 0 Å². The van der Waals surface area contributed by atoms with Crippen LogP contribution in [0.1, 0.15) is 22.1 Å². The number of anilines is 2. The van der Waals surface area contributed by atoms with E-state index >= 15 is 0 Å². The minimum Gasteiger partial charge on any atom is -0.360 e. The summed E-state index contributed by atoms with van der Waals surface area (Å²) in [6, 6.07) is 22.2. The van der Waals surface area contributed by atoms with Crippen LogP contribution in [-0.2, 0) is 0 Å². The predicted molar refractivity (Wildman–Crippen MR) is 103 cm³/mol. The molecule has 4 rings (SSSR count). The highest BCUT2D eigenvalue weighted by Crippen LogP contribution is 2.38. The Morgan fingerprint density at radius 3 is 2.28 bits per heavy atom. The average Bonchev–Trinajstić information content (AvgIpc) is 2.63. The summed E-state index contributed by atoms with van der Waals surface area (Å²) >= 11 is 12.4. The minimum absolute atomic E-state index is 0.0819. The van der Waals surface area contributed by atoms with Gasteiger partial charge in [0.2, 0.25) is 0 Å². The number of carbonyl (C=O) groups excluding carboxylic acids is 1. The van der Waals surface area contributed by atoms with Crippen LogP contribution >= 0.6 is 23.2 Å². The largest absolute Gasteiger partial charge is 0.360 e. The van der Waals surface area contributed by atoms with Crippen molar-refractivity contribution in [1.29, 1.82) is 0 Å². The molecular weight excluding hydrogens is 355 g/mol. The van der Waals surface area contributed by atoms with Crippen molar-refractivity contribution in [2.75, 3.05) is 10.2 Å². The van der Waals surface area contributed by atoms with Gasteiger partial charge in [-0.25, -0.2) is 0 Å². The molecule has 1 N–H and O–H groups in total. The van der Waals surface area contributed by atoms with Crippen molar-refractivity contribution in [3.05, 3.63) is 94.0 Å². The number of para-hydroxylation sites is 1. The fraction of sp³-hybridized carbons (Fsp3) is 0.0500. The van der Waals surface area contributed by atoms with Crippen molar-refractivity contribution in [2.24, 2.45) is 0 Å². The van der Waals surface area contributed by atoms with Gasteiger partial charge in [-0.1, -0.05) is 53.5 Å². The Bertz CT molecular complexity index is 940. The molecule has 3 nitrogen and oxygen atoms in total. The van der Waals surface area contributed by atoms with E-state index in [1.54, 1.807) is 17.0 Å². The summed E-state index contributed by atoms with van der Waals surface area (Å²) < 4.78 is 0. The SMILES string of the molecule is O=C1c2ccccc2NC(c2ccccc2Cl)N1c1ccc(Cl)cc1. The van der Waals surface area contributed by atoms with Gasteiger partial charge in [0.25, 0.3) is 5.91 Å². The minimum atomic E-state index is -0.405. The molecule has 1 atom stereocenters. The first kappa shape index (κ1) is 16.0. The van der Waals surface area contributed by atoms with E-state index in [1.807, 2.05) is 60.7 Å². The first-order valence-corrected chi connectivity index (χ1v) is 8.60. The second-order valence-electron chi connectivity index (χ2n) is 5.77. The van der Waals surface area contributed by atoms with E-state index in [2.05, 4.69) is 5.32 Å². The van der Waals surface area contributed by atoms with E-state index in [4.69, 9.17) is 23.2 Å². The molecule has 0 bridgehead atoms. The molecule has 3 aromatic rings. The van der Waals surface area contributed by atoms with Crippen LogP contribution in [0.4, 0.5) is 11.4 Å². The van der Waals surface area contributed by atoms with Crippen LogP contribution in [0.25, 0.3) is 0 Å². The number of benzene rings is 3. The number of amides is 1. The van der Waals surface area contributed by atoms with Gasteiger partial charge < -0.3 is 5.32 Å². The van der Waals surface area contributed by atoms with Crippen molar-refractivity contribution in [3.63, 3.8) is 0 Å². The molecule has 124 valence electrons. The molecule has 0 spiro atoms. The van der Waals surface area contributed by atoms with Crippen LogP contribution < -0.4 is 10.2 Å². The van der Waals surface area contributed by atoms with Gasteiger partial charge in [0.15, 0.2) is 0 Å². The summed E-state index contributed by atoms with van der Waals surface area (Å²) in [5.74, 6) is -0.0819. The van der Waals surface area contributed by atoms with Crippen molar-refractivity contribution in [3.8, 4) is 0 Å². The molecule has 0 aromatic heterocycles. The van der Waals surface area contributed by atoms with Crippen LogP contribution in [0.2, 0.25) is 10.0 Å². The number of nitrogens with one attached hydrogen (secondary N) is 1. The third-order valence-corrected chi connectivity index (χ3v) is 4.83. The molecule has 1 aliphatic rings. The van der Waals surface area contributed by atoms with Crippen molar-refractivity contribution in [1.82, 2.24) is 0 Å². The Labute approximate surface area is 155 Å². The van der Waals surface area contributed by atoms with Crippen molar-refractivity contribution >= 4 is 40.5 Å². The molecule has 0 saturated carbocycles. The van der Waals surface area contributed by atoms with Crippen LogP contribution in [0.5, 0.6) is 0 Å². The van der Waals surface area contributed by atoms with E-state index < -0.39 is 6.17 Å². The Kier molecular flexibility index (Phi) is 4.12.